The van der Waals surface area contributed by atoms with Gasteiger partial charge >= 0.3 is 0 Å². The molecule has 0 spiro atoms. The van der Waals surface area contributed by atoms with E-state index in [4.69, 9.17) is 0 Å². The predicted molar refractivity (Wildman–Crippen MR) is 97.2 cm³/mol. The number of nitrogens with zero attached hydrogens (tertiary/aromatic N) is 3. The lowest BCUT2D eigenvalue weighted by molar-refractivity contribution is -0.115. The zero-order valence-corrected chi connectivity index (χ0v) is 13.9. The zero-order chi connectivity index (χ0) is 16.2. The van der Waals surface area contributed by atoms with Crippen LogP contribution in [0.3, 0.4) is 0 Å². The van der Waals surface area contributed by atoms with Crippen molar-refractivity contribution in [3.8, 4) is 0 Å². The number of aryl methyl sites for hydroxylation is 1. The van der Waals surface area contributed by atoms with Crippen molar-refractivity contribution in [3.05, 3.63) is 65.7 Å². The van der Waals surface area contributed by atoms with Crippen molar-refractivity contribution in [1.82, 2.24) is 0 Å². The van der Waals surface area contributed by atoms with Gasteiger partial charge in [0, 0.05) is 0 Å². The first kappa shape index (κ1) is 15.5. The van der Waals surface area contributed by atoms with Gasteiger partial charge < -0.3 is 0 Å². The van der Waals surface area contributed by atoms with Crippen LogP contribution in [0.2, 0.25) is 0 Å². The SMILES string of the molecule is C/C(=N\N=C1\SCC(=O)N1c1ccccc1)c1ccc(C)cc1. The minimum Gasteiger partial charge on any atom is -0.273 e. The standard InChI is InChI=1S/C18H17N3OS/c1-13-8-10-15(11-9-13)14(2)19-20-18-21(17(22)12-23-18)16-6-4-3-5-7-16/h3-11H,12H2,1-2H3/b19-14+,20-18+. The fraction of sp³-hybridized carbons (Fsp3) is 0.167. The number of hydrogen-bond acceptors (Lipinski definition) is 4. The van der Waals surface area contributed by atoms with E-state index in [1.54, 1.807) is 4.90 Å². The van der Waals surface area contributed by atoms with Gasteiger partial charge in [0.25, 0.3) is 0 Å². The van der Waals surface area contributed by atoms with Crippen molar-refractivity contribution in [2.75, 3.05) is 10.7 Å². The highest BCUT2D eigenvalue weighted by molar-refractivity contribution is 8.15. The molecular weight excluding hydrogens is 306 g/mol. The van der Waals surface area contributed by atoms with E-state index in [-0.39, 0.29) is 5.91 Å². The van der Waals surface area contributed by atoms with Gasteiger partial charge in [-0.2, -0.15) is 5.10 Å². The summed E-state index contributed by atoms with van der Waals surface area (Å²) in [7, 11) is 0. The van der Waals surface area contributed by atoms with Gasteiger partial charge in [0.2, 0.25) is 5.91 Å². The van der Waals surface area contributed by atoms with Crippen LogP contribution in [0.25, 0.3) is 0 Å². The van der Waals surface area contributed by atoms with Crippen LogP contribution >= 0.6 is 11.8 Å². The highest BCUT2D eigenvalue weighted by atomic mass is 32.2. The Labute approximate surface area is 139 Å². The van der Waals surface area contributed by atoms with Crippen LogP contribution in [0, 0.1) is 6.92 Å². The molecule has 1 aliphatic rings. The van der Waals surface area contributed by atoms with Crippen molar-refractivity contribution in [2.24, 2.45) is 10.2 Å². The molecule has 1 saturated heterocycles. The highest BCUT2D eigenvalue weighted by Crippen LogP contribution is 2.26. The number of thioether (sulfide) groups is 1. The number of hydrogen-bond donors (Lipinski definition) is 0. The summed E-state index contributed by atoms with van der Waals surface area (Å²) in [6, 6.07) is 17.7. The van der Waals surface area contributed by atoms with Gasteiger partial charge in [0.15, 0.2) is 5.17 Å². The van der Waals surface area contributed by atoms with E-state index >= 15 is 0 Å². The Kier molecular flexibility index (Phi) is 4.57. The van der Waals surface area contributed by atoms with Crippen LogP contribution in [0.1, 0.15) is 18.1 Å². The number of rotatable bonds is 3. The predicted octanol–water partition coefficient (Wildman–Crippen LogP) is 3.86. The van der Waals surface area contributed by atoms with Gasteiger partial charge in [-0.3, -0.25) is 9.69 Å². The summed E-state index contributed by atoms with van der Waals surface area (Å²) in [4.78, 5) is 13.7. The minimum absolute atomic E-state index is 0.0307. The molecule has 3 rings (SSSR count). The molecule has 4 nitrogen and oxygen atoms in total. The first-order chi connectivity index (χ1) is 11.1. The molecule has 0 saturated carbocycles. The molecule has 0 N–H and O–H groups in total. The summed E-state index contributed by atoms with van der Waals surface area (Å²) in [6.07, 6.45) is 0. The van der Waals surface area contributed by atoms with Crippen LogP contribution in [0.15, 0.2) is 64.8 Å². The molecule has 1 fully saturated rings. The van der Waals surface area contributed by atoms with Gasteiger partial charge in [0.05, 0.1) is 17.2 Å². The van der Waals surface area contributed by atoms with Crippen molar-refractivity contribution in [3.63, 3.8) is 0 Å². The minimum atomic E-state index is 0.0307. The summed E-state index contributed by atoms with van der Waals surface area (Å²) < 4.78 is 0. The van der Waals surface area contributed by atoms with Crippen molar-refractivity contribution in [1.29, 1.82) is 0 Å². The average molecular weight is 323 g/mol. The van der Waals surface area contributed by atoms with E-state index in [2.05, 4.69) is 17.1 Å². The molecular formula is C18H17N3OS. The van der Waals surface area contributed by atoms with E-state index in [9.17, 15) is 4.79 Å². The summed E-state index contributed by atoms with van der Waals surface area (Å²) >= 11 is 1.41. The summed E-state index contributed by atoms with van der Waals surface area (Å²) in [5.41, 5.74) is 3.88. The van der Waals surface area contributed by atoms with Gasteiger partial charge in [-0.25, -0.2) is 0 Å². The molecule has 0 unspecified atom stereocenters. The second kappa shape index (κ2) is 6.79. The second-order valence-corrected chi connectivity index (χ2v) is 6.23. The molecule has 1 aliphatic heterocycles. The Morgan fingerprint density at radius 3 is 2.48 bits per heavy atom. The zero-order valence-electron chi connectivity index (χ0n) is 13.1. The quantitative estimate of drug-likeness (QED) is 0.636. The maximum atomic E-state index is 12.1. The van der Waals surface area contributed by atoms with Gasteiger partial charge in [0.1, 0.15) is 0 Å². The largest absolute Gasteiger partial charge is 0.273 e. The number of amidine groups is 1. The third kappa shape index (κ3) is 3.51. The fourth-order valence-electron chi connectivity index (χ4n) is 2.24. The molecule has 0 radical (unpaired) electrons. The number of carbonyl (C=O) groups excluding carboxylic acids is 1. The maximum Gasteiger partial charge on any atom is 0.243 e. The third-order valence-corrected chi connectivity index (χ3v) is 4.45. The van der Waals surface area contributed by atoms with Crippen molar-refractivity contribution >= 4 is 34.2 Å². The Balaban J connectivity index is 1.87. The number of carbonyl (C=O) groups is 1. The monoisotopic (exact) mass is 323 g/mol. The molecule has 0 aliphatic carbocycles. The maximum absolute atomic E-state index is 12.1. The molecule has 2 aromatic carbocycles. The Hall–Kier alpha value is -2.40. The molecule has 0 aromatic heterocycles. The van der Waals surface area contributed by atoms with Gasteiger partial charge in [-0.05, 0) is 31.5 Å². The van der Waals surface area contributed by atoms with E-state index in [1.807, 2.05) is 61.5 Å². The van der Waals surface area contributed by atoms with Crippen LogP contribution in [-0.2, 0) is 4.79 Å². The average Bonchev–Trinajstić information content (AvgIpc) is 2.95. The Morgan fingerprint density at radius 1 is 1.09 bits per heavy atom. The number of benzene rings is 2. The fourth-order valence-corrected chi connectivity index (χ4v) is 3.05. The van der Waals surface area contributed by atoms with Crippen LogP contribution in [0.4, 0.5) is 5.69 Å². The topological polar surface area (TPSA) is 45.0 Å². The first-order valence-corrected chi connectivity index (χ1v) is 8.34. The molecule has 5 heteroatoms. The molecule has 116 valence electrons. The molecule has 0 atom stereocenters. The lowest BCUT2D eigenvalue weighted by Crippen LogP contribution is -2.28. The molecule has 2 aromatic rings. The van der Waals surface area contributed by atoms with Crippen molar-refractivity contribution in [2.45, 2.75) is 13.8 Å². The van der Waals surface area contributed by atoms with Gasteiger partial charge in [-0.15, -0.1) is 5.10 Å². The molecule has 23 heavy (non-hydrogen) atoms. The van der Waals surface area contributed by atoms with Gasteiger partial charge in [-0.1, -0.05) is 59.8 Å². The van der Waals surface area contributed by atoms with E-state index in [0.29, 0.717) is 10.9 Å². The first-order valence-electron chi connectivity index (χ1n) is 7.35. The summed E-state index contributed by atoms with van der Waals surface area (Å²) in [5, 5.41) is 9.23. The molecule has 0 bridgehead atoms. The normalized spacial score (nSPS) is 17.1. The number of para-hydroxylation sites is 1. The summed E-state index contributed by atoms with van der Waals surface area (Å²) in [6.45, 7) is 3.97. The van der Waals surface area contributed by atoms with E-state index in [0.717, 1.165) is 17.0 Å². The molecule has 1 heterocycles. The third-order valence-electron chi connectivity index (χ3n) is 3.53. The van der Waals surface area contributed by atoms with Crippen molar-refractivity contribution < 1.29 is 4.79 Å². The molecule has 1 amide bonds. The summed E-state index contributed by atoms with van der Waals surface area (Å²) in [5.74, 6) is 0.426. The van der Waals surface area contributed by atoms with Crippen LogP contribution in [0.5, 0.6) is 0 Å². The lowest BCUT2D eigenvalue weighted by atomic mass is 10.1. The lowest BCUT2D eigenvalue weighted by Gasteiger charge is -2.14. The Bertz CT molecular complexity index is 767. The number of amides is 1. The smallest absolute Gasteiger partial charge is 0.243 e. The Morgan fingerprint density at radius 2 is 1.78 bits per heavy atom. The van der Waals surface area contributed by atoms with E-state index in [1.165, 1.54) is 17.3 Å². The van der Waals surface area contributed by atoms with E-state index < -0.39 is 0 Å². The number of anilines is 1. The van der Waals surface area contributed by atoms with Crippen LogP contribution in [-0.4, -0.2) is 22.5 Å². The van der Waals surface area contributed by atoms with Crippen LogP contribution < -0.4 is 4.90 Å². The second-order valence-electron chi connectivity index (χ2n) is 5.29. The highest BCUT2D eigenvalue weighted by Gasteiger charge is 2.29.